The first-order valence-electron chi connectivity index (χ1n) is 10.2. The standard InChI is InChI=1S/C24H27NO5/c1-15-11-16(2)22-18(26)14-24(30-21(22)12-15)7-9-25(10-8-24)23(27)17-5-6-19(28-3)20(13-17)29-4/h5-6,11-13H,7-10,14H2,1-4H3. The van der Waals surface area contributed by atoms with Gasteiger partial charge in [-0.05, 0) is 49.2 Å². The zero-order valence-electron chi connectivity index (χ0n) is 17.9. The Morgan fingerprint density at radius 1 is 1.03 bits per heavy atom. The molecular weight excluding hydrogens is 382 g/mol. The van der Waals surface area contributed by atoms with E-state index in [0.29, 0.717) is 60.7 Å². The van der Waals surface area contributed by atoms with E-state index in [0.717, 1.165) is 11.1 Å². The summed E-state index contributed by atoms with van der Waals surface area (Å²) in [6.07, 6.45) is 1.62. The molecule has 30 heavy (non-hydrogen) atoms. The van der Waals surface area contributed by atoms with Crippen LogP contribution in [0, 0.1) is 13.8 Å². The minimum Gasteiger partial charge on any atom is -0.493 e. The van der Waals surface area contributed by atoms with Crippen molar-refractivity contribution in [2.45, 2.75) is 38.7 Å². The quantitative estimate of drug-likeness (QED) is 0.768. The van der Waals surface area contributed by atoms with Gasteiger partial charge in [0.1, 0.15) is 11.4 Å². The number of nitrogens with zero attached hydrogens (tertiary/aromatic N) is 1. The zero-order chi connectivity index (χ0) is 21.5. The number of Topliss-reactive ketones (excluding diaryl/α,β-unsaturated/α-hetero) is 1. The van der Waals surface area contributed by atoms with E-state index < -0.39 is 5.60 Å². The van der Waals surface area contributed by atoms with Crippen LogP contribution in [-0.4, -0.2) is 49.5 Å². The second-order valence-electron chi connectivity index (χ2n) is 8.20. The third kappa shape index (κ3) is 3.51. The molecule has 0 aliphatic carbocycles. The molecule has 2 aromatic rings. The molecule has 0 bridgehead atoms. The fourth-order valence-electron chi connectivity index (χ4n) is 4.56. The smallest absolute Gasteiger partial charge is 0.253 e. The molecule has 2 aliphatic heterocycles. The van der Waals surface area contributed by atoms with Crippen molar-refractivity contribution in [2.24, 2.45) is 0 Å². The van der Waals surface area contributed by atoms with E-state index in [1.807, 2.05) is 30.9 Å². The summed E-state index contributed by atoms with van der Waals surface area (Å²) in [6, 6.07) is 9.15. The lowest BCUT2D eigenvalue weighted by molar-refractivity contribution is -0.00581. The molecule has 2 heterocycles. The predicted octanol–water partition coefficient (Wildman–Crippen LogP) is 3.96. The lowest BCUT2D eigenvalue weighted by Gasteiger charge is -2.44. The number of benzene rings is 2. The van der Waals surface area contributed by atoms with Crippen LogP contribution in [0.15, 0.2) is 30.3 Å². The van der Waals surface area contributed by atoms with E-state index in [9.17, 15) is 9.59 Å². The van der Waals surface area contributed by atoms with Crippen LogP contribution in [0.2, 0.25) is 0 Å². The molecule has 1 amide bonds. The van der Waals surface area contributed by atoms with Gasteiger partial charge in [-0.3, -0.25) is 9.59 Å². The number of fused-ring (bicyclic) bond motifs is 1. The van der Waals surface area contributed by atoms with Crippen LogP contribution in [0.4, 0.5) is 0 Å². The molecule has 0 saturated carbocycles. The van der Waals surface area contributed by atoms with Crippen molar-refractivity contribution < 1.29 is 23.8 Å². The molecule has 1 fully saturated rings. The fraction of sp³-hybridized carbons (Fsp3) is 0.417. The molecule has 1 spiro atoms. The molecule has 2 aromatic carbocycles. The molecule has 0 aromatic heterocycles. The van der Waals surface area contributed by atoms with Crippen molar-refractivity contribution in [2.75, 3.05) is 27.3 Å². The Labute approximate surface area is 176 Å². The van der Waals surface area contributed by atoms with E-state index in [4.69, 9.17) is 14.2 Å². The maximum Gasteiger partial charge on any atom is 0.253 e. The molecule has 1 saturated heterocycles. The van der Waals surface area contributed by atoms with Gasteiger partial charge < -0.3 is 19.1 Å². The summed E-state index contributed by atoms with van der Waals surface area (Å²) in [6.45, 7) is 5.05. The Bertz CT molecular complexity index is 1000. The minimum atomic E-state index is -0.529. The summed E-state index contributed by atoms with van der Waals surface area (Å²) >= 11 is 0. The number of hydrogen-bond acceptors (Lipinski definition) is 5. The summed E-state index contributed by atoms with van der Waals surface area (Å²) in [5, 5.41) is 0. The number of rotatable bonds is 3. The highest BCUT2D eigenvalue weighted by atomic mass is 16.5. The highest BCUT2D eigenvalue weighted by Gasteiger charge is 2.44. The molecule has 2 aliphatic rings. The summed E-state index contributed by atoms with van der Waals surface area (Å²) in [5.41, 5.74) is 2.78. The molecule has 0 N–H and O–H groups in total. The number of hydrogen-bond donors (Lipinski definition) is 0. The van der Waals surface area contributed by atoms with Crippen molar-refractivity contribution in [3.05, 3.63) is 52.6 Å². The van der Waals surface area contributed by atoms with Gasteiger partial charge in [0.25, 0.3) is 5.91 Å². The monoisotopic (exact) mass is 409 g/mol. The Morgan fingerprint density at radius 3 is 2.40 bits per heavy atom. The van der Waals surface area contributed by atoms with Crippen LogP contribution in [0.3, 0.4) is 0 Å². The van der Waals surface area contributed by atoms with Crippen LogP contribution < -0.4 is 14.2 Å². The fourth-order valence-corrected chi connectivity index (χ4v) is 4.56. The van der Waals surface area contributed by atoms with Gasteiger partial charge in [0.05, 0.1) is 26.2 Å². The van der Waals surface area contributed by atoms with Gasteiger partial charge >= 0.3 is 0 Å². The first-order chi connectivity index (χ1) is 14.4. The molecule has 158 valence electrons. The van der Waals surface area contributed by atoms with Crippen LogP contribution >= 0.6 is 0 Å². The van der Waals surface area contributed by atoms with E-state index in [1.165, 1.54) is 0 Å². The topological polar surface area (TPSA) is 65.1 Å². The van der Waals surface area contributed by atoms with Crippen LogP contribution in [0.1, 0.15) is 51.1 Å². The van der Waals surface area contributed by atoms with Crippen molar-refractivity contribution in [1.82, 2.24) is 4.90 Å². The Morgan fingerprint density at radius 2 is 1.73 bits per heavy atom. The number of piperidine rings is 1. The molecule has 0 unspecified atom stereocenters. The lowest BCUT2D eigenvalue weighted by atomic mass is 9.81. The minimum absolute atomic E-state index is 0.0555. The average Bonchev–Trinajstić information content (AvgIpc) is 2.72. The van der Waals surface area contributed by atoms with E-state index >= 15 is 0 Å². The Hall–Kier alpha value is -3.02. The highest BCUT2D eigenvalue weighted by Crippen LogP contribution is 2.41. The van der Waals surface area contributed by atoms with E-state index in [-0.39, 0.29) is 11.7 Å². The number of aryl methyl sites for hydroxylation is 2. The van der Waals surface area contributed by atoms with Gasteiger partial charge in [0.15, 0.2) is 17.3 Å². The van der Waals surface area contributed by atoms with Gasteiger partial charge in [0, 0.05) is 31.5 Å². The summed E-state index contributed by atoms with van der Waals surface area (Å²) in [4.78, 5) is 27.7. The SMILES string of the molecule is COc1ccc(C(=O)N2CCC3(CC2)CC(=O)c2c(C)cc(C)cc2O3)cc1OC. The summed E-state index contributed by atoms with van der Waals surface area (Å²) in [5.74, 6) is 1.88. The number of carbonyl (C=O) groups excluding carboxylic acids is 2. The van der Waals surface area contributed by atoms with Crippen molar-refractivity contribution in [3.63, 3.8) is 0 Å². The lowest BCUT2D eigenvalue weighted by Crippen LogP contribution is -2.52. The number of carbonyl (C=O) groups is 2. The third-order valence-electron chi connectivity index (χ3n) is 6.12. The Balaban J connectivity index is 1.50. The number of amides is 1. The van der Waals surface area contributed by atoms with Gasteiger partial charge in [0.2, 0.25) is 0 Å². The van der Waals surface area contributed by atoms with Crippen molar-refractivity contribution in [1.29, 1.82) is 0 Å². The maximum atomic E-state index is 13.0. The van der Waals surface area contributed by atoms with E-state index in [2.05, 4.69) is 0 Å². The van der Waals surface area contributed by atoms with Gasteiger partial charge in [-0.25, -0.2) is 0 Å². The van der Waals surface area contributed by atoms with Crippen molar-refractivity contribution >= 4 is 11.7 Å². The van der Waals surface area contributed by atoms with Gasteiger partial charge in [-0.2, -0.15) is 0 Å². The number of ether oxygens (including phenoxy) is 3. The number of methoxy groups -OCH3 is 2. The predicted molar refractivity (Wildman–Crippen MR) is 113 cm³/mol. The van der Waals surface area contributed by atoms with Crippen LogP contribution in [-0.2, 0) is 0 Å². The van der Waals surface area contributed by atoms with Gasteiger partial charge in [-0.1, -0.05) is 6.07 Å². The van der Waals surface area contributed by atoms with Gasteiger partial charge in [-0.15, -0.1) is 0 Å². The first kappa shape index (κ1) is 20.3. The number of likely N-dealkylation sites (tertiary alicyclic amines) is 1. The second-order valence-corrected chi connectivity index (χ2v) is 8.20. The maximum absolute atomic E-state index is 13.0. The largest absolute Gasteiger partial charge is 0.493 e. The average molecular weight is 409 g/mol. The molecule has 6 nitrogen and oxygen atoms in total. The second kappa shape index (κ2) is 7.67. The molecule has 0 radical (unpaired) electrons. The van der Waals surface area contributed by atoms with Crippen LogP contribution in [0.25, 0.3) is 0 Å². The summed E-state index contributed by atoms with van der Waals surface area (Å²) in [7, 11) is 3.12. The van der Waals surface area contributed by atoms with Crippen LogP contribution in [0.5, 0.6) is 17.2 Å². The van der Waals surface area contributed by atoms with E-state index in [1.54, 1.807) is 32.4 Å². The molecule has 0 atom stereocenters. The molecule has 4 rings (SSSR count). The molecular formula is C24H27NO5. The third-order valence-corrected chi connectivity index (χ3v) is 6.12. The zero-order valence-corrected chi connectivity index (χ0v) is 17.9. The highest BCUT2D eigenvalue weighted by molar-refractivity contribution is 6.02. The normalized spacial score (nSPS) is 17.3. The van der Waals surface area contributed by atoms with Crippen molar-refractivity contribution in [3.8, 4) is 17.2 Å². The number of ketones is 1. The molecule has 6 heteroatoms. The summed E-state index contributed by atoms with van der Waals surface area (Å²) < 4.78 is 17.0. The Kier molecular flexibility index (Phi) is 5.18. The first-order valence-corrected chi connectivity index (χ1v) is 10.2.